The minimum absolute atomic E-state index is 0.136. The van der Waals surface area contributed by atoms with Crippen molar-refractivity contribution < 1.29 is 18.0 Å². The van der Waals surface area contributed by atoms with Gasteiger partial charge in [-0.15, -0.1) is 0 Å². The van der Waals surface area contributed by atoms with Gasteiger partial charge in [0.2, 0.25) is 21.8 Å². The lowest BCUT2D eigenvalue weighted by molar-refractivity contribution is -0.140. The van der Waals surface area contributed by atoms with Gasteiger partial charge in [-0.25, -0.2) is 8.42 Å². The molecule has 4 saturated carbocycles. The smallest absolute Gasteiger partial charge is 0.244 e. The number of anilines is 1. The second-order valence-electron chi connectivity index (χ2n) is 14.5. The summed E-state index contributed by atoms with van der Waals surface area (Å²) in [5.41, 5.74) is 3.68. The second kappa shape index (κ2) is 13.7. The summed E-state index contributed by atoms with van der Waals surface area (Å²) in [6.07, 6.45) is 9.17. The quantitative estimate of drug-likeness (QED) is 0.222. The van der Waals surface area contributed by atoms with Crippen LogP contribution in [0, 0.1) is 17.8 Å². The molecule has 0 heterocycles. The molecule has 3 aromatic carbocycles. The third-order valence-electron chi connectivity index (χ3n) is 10.4. The van der Waals surface area contributed by atoms with Gasteiger partial charge in [-0.1, -0.05) is 70.5 Å². The van der Waals surface area contributed by atoms with E-state index in [-0.39, 0.29) is 30.3 Å². The summed E-state index contributed by atoms with van der Waals surface area (Å²) in [6, 6.07) is 24.1. The normalized spacial score (nSPS) is 23.8. The molecule has 1 atom stereocenters. The number of carbonyl (C=O) groups excluding carboxylic acids is 2. The van der Waals surface area contributed by atoms with Gasteiger partial charge < -0.3 is 10.2 Å². The van der Waals surface area contributed by atoms with Crippen LogP contribution in [0.4, 0.5) is 5.69 Å². The Hall–Kier alpha value is -3.17. The molecule has 4 aliphatic rings. The standard InChI is InChI=1S/C38H46BrN3O4S/c1-26(2)40-37(44)35(20-27-8-5-4-6-9-27)41(24-28-10-7-11-33(39)19-28)36(43)25-42(47(3,45)46)34-14-12-32(13-15-34)38-21-29-16-30(22-38)18-31(17-29)23-38/h4-15,19,26,29-31,35H,16-18,20-25H2,1-3H3,(H,40,44). The number of hydrogen-bond donors (Lipinski definition) is 1. The fraction of sp³-hybridized carbons (Fsp3) is 0.474. The number of rotatable bonds is 12. The van der Waals surface area contributed by atoms with E-state index in [1.54, 1.807) is 0 Å². The molecule has 4 aliphatic carbocycles. The average Bonchev–Trinajstić information content (AvgIpc) is 3.00. The van der Waals surface area contributed by atoms with Gasteiger partial charge in [0.1, 0.15) is 12.6 Å². The summed E-state index contributed by atoms with van der Waals surface area (Å²) < 4.78 is 28.7. The molecule has 0 spiro atoms. The van der Waals surface area contributed by atoms with Crippen molar-refractivity contribution in [3.63, 3.8) is 0 Å². The lowest BCUT2D eigenvalue weighted by atomic mass is 9.48. The van der Waals surface area contributed by atoms with Gasteiger partial charge in [-0.2, -0.15) is 0 Å². The summed E-state index contributed by atoms with van der Waals surface area (Å²) >= 11 is 3.52. The van der Waals surface area contributed by atoms with Gasteiger partial charge in [0.15, 0.2) is 0 Å². The van der Waals surface area contributed by atoms with Crippen molar-refractivity contribution in [2.45, 2.75) is 82.8 Å². The maximum absolute atomic E-state index is 14.4. The van der Waals surface area contributed by atoms with E-state index in [4.69, 9.17) is 0 Å². The second-order valence-corrected chi connectivity index (χ2v) is 17.4. The molecular weight excluding hydrogens is 674 g/mol. The van der Waals surface area contributed by atoms with E-state index in [1.807, 2.05) is 80.6 Å². The Morgan fingerprint density at radius 2 is 1.47 bits per heavy atom. The molecule has 4 fully saturated rings. The van der Waals surface area contributed by atoms with E-state index in [9.17, 15) is 18.0 Å². The molecule has 0 radical (unpaired) electrons. The molecule has 47 heavy (non-hydrogen) atoms. The minimum atomic E-state index is -3.83. The van der Waals surface area contributed by atoms with Crippen LogP contribution in [0.15, 0.2) is 83.3 Å². The maximum Gasteiger partial charge on any atom is 0.244 e. The minimum Gasteiger partial charge on any atom is -0.352 e. The van der Waals surface area contributed by atoms with E-state index in [0.29, 0.717) is 5.69 Å². The Morgan fingerprint density at radius 1 is 0.872 bits per heavy atom. The zero-order chi connectivity index (χ0) is 33.3. The van der Waals surface area contributed by atoms with E-state index >= 15 is 0 Å². The van der Waals surface area contributed by atoms with Crippen LogP contribution >= 0.6 is 15.9 Å². The molecular formula is C38H46BrN3O4S. The lowest BCUT2D eigenvalue weighted by Gasteiger charge is -2.57. The van der Waals surface area contributed by atoms with Crippen molar-refractivity contribution in [3.8, 4) is 0 Å². The first kappa shape index (κ1) is 33.7. The molecule has 2 amide bonds. The largest absolute Gasteiger partial charge is 0.352 e. The van der Waals surface area contributed by atoms with E-state index in [2.05, 4.69) is 33.4 Å². The van der Waals surface area contributed by atoms with Crippen LogP contribution in [0.3, 0.4) is 0 Å². The summed E-state index contributed by atoms with van der Waals surface area (Å²) in [4.78, 5) is 29.7. The predicted molar refractivity (Wildman–Crippen MR) is 190 cm³/mol. The monoisotopic (exact) mass is 719 g/mol. The molecule has 4 bridgehead atoms. The summed E-state index contributed by atoms with van der Waals surface area (Å²) in [6.45, 7) is 3.50. The van der Waals surface area contributed by atoms with Crippen LogP contribution in [-0.2, 0) is 38.0 Å². The summed E-state index contributed by atoms with van der Waals surface area (Å²) in [5, 5.41) is 3.00. The van der Waals surface area contributed by atoms with Crippen molar-refractivity contribution in [2.75, 3.05) is 17.1 Å². The Morgan fingerprint density at radius 3 is 2.02 bits per heavy atom. The lowest BCUT2D eigenvalue weighted by Crippen LogP contribution is -2.54. The Labute approximate surface area is 288 Å². The Bertz CT molecular complexity index is 1660. The van der Waals surface area contributed by atoms with Gasteiger partial charge in [-0.05, 0) is 116 Å². The topological polar surface area (TPSA) is 86.8 Å². The number of sulfonamides is 1. The van der Waals surface area contributed by atoms with Crippen molar-refractivity contribution in [1.29, 1.82) is 0 Å². The number of halogens is 1. The highest BCUT2D eigenvalue weighted by atomic mass is 79.9. The number of nitrogens with one attached hydrogen (secondary N) is 1. The molecule has 1 unspecified atom stereocenters. The number of hydrogen-bond acceptors (Lipinski definition) is 4. The van der Waals surface area contributed by atoms with Crippen molar-refractivity contribution in [1.82, 2.24) is 10.2 Å². The van der Waals surface area contributed by atoms with Crippen LogP contribution in [0.25, 0.3) is 0 Å². The Kier molecular flexibility index (Phi) is 9.86. The highest BCUT2D eigenvalue weighted by Crippen LogP contribution is 2.60. The highest BCUT2D eigenvalue weighted by Gasteiger charge is 2.51. The number of carbonyl (C=O) groups is 2. The van der Waals surface area contributed by atoms with Gasteiger partial charge in [-0.3, -0.25) is 13.9 Å². The Balaban J connectivity index is 1.31. The van der Waals surface area contributed by atoms with Gasteiger partial charge >= 0.3 is 0 Å². The number of nitrogens with zero attached hydrogens (tertiary/aromatic N) is 2. The first-order chi connectivity index (χ1) is 22.4. The van der Waals surface area contributed by atoms with Crippen molar-refractivity contribution in [3.05, 3.63) is 100 Å². The van der Waals surface area contributed by atoms with Crippen LogP contribution in [0.5, 0.6) is 0 Å². The molecule has 9 heteroatoms. The molecule has 0 aromatic heterocycles. The van der Waals surface area contributed by atoms with Crippen molar-refractivity contribution >= 4 is 43.5 Å². The zero-order valence-corrected chi connectivity index (χ0v) is 30.0. The molecule has 3 aromatic rings. The van der Waals surface area contributed by atoms with Crippen LogP contribution in [0.2, 0.25) is 0 Å². The van der Waals surface area contributed by atoms with Crippen LogP contribution in [0.1, 0.15) is 69.1 Å². The molecule has 0 saturated heterocycles. The zero-order valence-electron chi connectivity index (χ0n) is 27.6. The van der Waals surface area contributed by atoms with E-state index in [1.165, 1.54) is 53.3 Å². The fourth-order valence-corrected chi connectivity index (χ4v) is 10.1. The third-order valence-corrected chi connectivity index (χ3v) is 12.1. The van der Waals surface area contributed by atoms with E-state index in [0.717, 1.165) is 39.6 Å². The predicted octanol–water partition coefficient (Wildman–Crippen LogP) is 6.85. The van der Waals surface area contributed by atoms with Crippen LogP contribution in [-0.4, -0.2) is 50.0 Å². The number of benzene rings is 3. The third kappa shape index (κ3) is 7.78. The number of amides is 2. The van der Waals surface area contributed by atoms with Crippen molar-refractivity contribution in [2.24, 2.45) is 17.8 Å². The first-order valence-corrected chi connectivity index (χ1v) is 19.5. The highest BCUT2D eigenvalue weighted by molar-refractivity contribution is 9.10. The fourth-order valence-electron chi connectivity index (χ4n) is 8.83. The maximum atomic E-state index is 14.4. The van der Waals surface area contributed by atoms with Gasteiger partial charge in [0.05, 0.1) is 11.9 Å². The van der Waals surface area contributed by atoms with Gasteiger partial charge in [0.25, 0.3) is 0 Å². The molecule has 250 valence electrons. The SMILES string of the molecule is CC(C)NC(=O)C(Cc1ccccc1)N(Cc1cccc(Br)c1)C(=O)CN(c1ccc(C23CC4CC(CC(C4)C2)C3)cc1)S(C)(=O)=O. The summed E-state index contributed by atoms with van der Waals surface area (Å²) in [7, 11) is -3.83. The molecule has 0 aliphatic heterocycles. The molecule has 7 rings (SSSR count). The average molecular weight is 721 g/mol. The molecule has 1 N–H and O–H groups in total. The van der Waals surface area contributed by atoms with Crippen LogP contribution < -0.4 is 9.62 Å². The molecule has 7 nitrogen and oxygen atoms in total. The van der Waals surface area contributed by atoms with E-state index < -0.39 is 28.5 Å². The first-order valence-electron chi connectivity index (χ1n) is 16.8. The van der Waals surface area contributed by atoms with Gasteiger partial charge in [0, 0.05) is 23.5 Å². The summed E-state index contributed by atoms with van der Waals surface area (Å²) in [5.74, 6) is 1.69.